The summed E-state index contributed by atoms with van der Waals surface area (Å²) in [6.07, 6.45) is 11.8. The van der Waals surface area contributed by atoms with E-state index in [0.717, 1.165) is 88.5 Å². The maximum Gasteiger partial charge on any atom is 0.139 e. The van der Waals surface area contributed by atoms with E-state index in [1.54, 1.807) is 0 Å². The summed E-state index contributed by atoms with van der Waals surface area (Å²) >= 11 is 0. The summed E-state index contributed by atoms with van der Waals surface area (Å²) in [6, 6.07) is 0.314. The van der Waals surface area contributed by atoms with Crippen LogP contribution in [0.3, 0.4) is 0 Å². The number of hydrogen-bond acceptors (Lipinski definition) is 6. The van der Waals surface area contributed by atoms with E-state index >= 15 is 0 Å². The van der Waals surface area contributed by atoms with Crippen molar-refractivity contribution in [3.05, 3.63) is 0 Å². The van der Waals surface area contributed by atoms with Crippen LogP contribution in [-0.2, 0) is 9.63 Å². The molecule has 0 heterocycles. The standard InChI is InChI=1S/C25H39N3O3.ClH/c1-24-11-9-16(28-31-17-5-3-15(26)4-6-17)13-21(24)22(27-30)14-18-19-7-8-23(29)25(19,2)12-10-20(18)24;/h15,17-21,30H,3-14,26H2,1-2H3;1H/t15?,17?,18-,19-,20-,21?,24+,25-;/m0./s1. The van der Waals surface area contributed by atoms with Crippen LogP contribution < -0.4 is 5.73 Å². The number of rotatable bonds is 2. The smallest absolute Gasteiger partial charge is 0.139 e. The number of ketones is 1. The average Bonchev–Trinajstić information content (AvgIpc) is 3.07. The van der Waals surface area contributed by atoms with Gasteiger partial charge in [0.25, 0.3) is 0 Å². The molecular formula is C25H40ClN3O3. The van der Waals surface area contributed by atoms with Crippen molar-refractivity contribution >= 4 is 29.6 Å². The van der Waals surface area contributed by atoms with Gasteiger partial charge in [0.15, 0.2) is 0 Å². The Hall–Kier alpha value is -1.14. The molecule has 0 amide bonds. The number of Topliss-reactive ketones (excluding diaryl/α,β-unsaturated/α-hetero) is 1. The van der Waals surface area contributed by atoms with E-state index in [1.807, 2.05) is 0 Å². The van der Waals surface area contributed by atoms with E-state index in [9.17, 15) is 10.0 Å². The summed E-state index contributed by atoms with van der Waals surface area (Å²) < 4.78 is 0. The molecule has 0 aliphatic heterocycles. The maximum atomic E-state index is 12.7. The Labute approximate surface area is 198 Å². The number of halogens is 1. The lowest BCUT2D eigenvalue weighted by Gasteiger charge is -2.59. The lowest BCUT2D eigenvalue weighted by atomic mass is 9.45. The van der Waals surface area contributed by atoms with Crippen LogP contribution in [0.1, 0.15) is 90.9 Å². The van der Waals surface area contributed by atoms with Gasteiger partial charge in [-0.2, -0.15) is 0 Å². The summed E-state index contributed by atoms with van der Waals surface area (Å²) in [5, 5.41) is 18.4. The fraction of sp³-hybridized carbons (Fsp3) is 0.880. The summed E-state index contributed by atoms with van der Waals surface area (Å²) in [5.74, 6) is 2.22. The molecule has 180 valence electrons. The highest BCUT2D eigenvalue weighted by Crippen LogP contribution is 2.64. The van der Waals surface area contributed by atoms with Crippen LogP contribution in [0.15, 0.2) is 10.3 Å². The number of oxime groups is 2. The van der Waals surface area contributed by atoms with Gasteiger partial charge in [0.05, 0.1) is 11.4 Å². The van der Waals surface area contributed by atoms with E-state index < -0.39 is 0 Å². The molecule has 6 nitrogen and oxygen atoms in total. The molecule has 0 aromatic heterocycles. The van der Waals surface area contributed by atoms with Gasteiger partial charge in [-0.3, -0.25) is 4.79 Å². The molecular weight excluding hydrogens is 426 g/mol. The van der Waals surface area contributed by atoms with Gasteiger partial charge in [-0.25, -0.2) is 0 Å². The van der Waals surface area contributed by atoms with Gasteiger partial charge in [-0.15, -0.1) is 12.4 Å². The molecule has 0 spiro atoms. The minimum Gasteiger partial charge on any atom is -0.411 e. The number of carbonyl (C=O) groups excluding carboxylic acids is 1. The van der Waals surface area contributed by atoms with Crippen LogP contribution in [0.2, 0.25) is 0 Å². The fourth-order valence-corrected chi connectivity index (χ4v) is 8.18. The predicted octanol–water partition coefficient (Wildman–Crippen LogP) is 5.10. The Morgan fingerprint density at radius 3 is 2.47 bits per heavy atom. The Kier molecular flexibility index (Phi) is 6.68. The molecule has 1 unspecified atom stereocenters. The maximum absolute atomic E-state index is 12.7. The van der Waals surface area contributed by atoms with Crippen LogP contribution in [0, 0.1) is 34.5 Å². The third kappa shape index (κ3) is 3.79. The molecule has 0 radical (unpaired) electrons. The van der Waals surface area contributed by atoms with Crippen molar-refractivity contribution in [1.29, 1.82) is 0 Å². The van der Waals surface area contributed by atoms with E-state index in [0.29, 0.717) is 29.6 Å². The first-order valence-electron chi connectivity index (χ1n) is 12.6. The molecule has 32 heavy (non-hydrogen) atoms. The van der Waals surface area contributed by atoms with Crippen LogP contribution >= 0.6 is 12.4 Å². The SMILES string of the molecule is C[C@]12CCC(=NOC3CCC(N)CC3)CC1C(=NO)C[C@@H]1[C@@H]2CC[C@]2(C)C(=O)CC[C@@H]12.Cl. The van der Waals surface area contributed by atoms with E-state index in [-0.39, 0.29) is 35.3 Å². The second kappa shape index (κ2) is 8.90. The van der Waals surface area contributed by atoms with E-state index in [1.165, 1.54) is 0 Å². The Morgan fingerprint density at radius 2 is 1.75 bits per heavy atom. The molecule has 3 N–H and O–H groups in total. The van der Waals surface area contributed by atoms with Gasteiger partial charge in [0, 0.05) is 23.8 Å². The van der Waals surface area contributed by atoms with Gasteiger partial charge in [-0.05, 0) is 93.8 Å². The minimum atomic E-state index is -0.150. The molecule has 5 aliphatic rings. The van der Waals surface area contributed by atoms with Crippen molar-refractivity contribution < 1.29 is 14.8 Å². The highest BCUT2D eigenvalue weighted by Gasteiger charge is 2.61. The monoisotopic (exact) mass is 465 g/mol. The zero-order chi connectivity index (χ0) is 21.8. The molecule has 6 atom stereocenters. The molecule has 0 aromatic rings. The first-order valence-corrected chi connectivity index (χ1v) is 12.6. The van der Waals surface area contributed by atoms with Gasteiger partial charge in [0.2, 0.25) is 0 Å². The zero-order valence-corrected chi connectivity index (χ0v) is 20.4. The molecule has 0 saturated heterocycles. The summed E-state index contributed by atoms with van der Waals surface area (Å²) in [7, 11) is 0. The quantitative estimate of drug-likeness (QED) is 0.437. The molecule has 5 saturated carbocycles. The minimum absolute atomic E-state index is 0. The molecule has 5 rings (SSSR count). The first-order chi connectivity index (χ1) is 14.8. The lowest BCUT2D eigenvalue weighted by Crippen LogP contribution is -2.56. The summed E-state index contributed by atoms with van der Waals surface area (Å²) in [4.78, 5) is 18.6. The van der Waals surface area contributed by atoms with E-state index in [4.69, 9.17) is 10.6 Å². The first kappa shape index (κ1) is 24.0. The van der Waals surface area contributed by atoms with Crippen molar-refractivity contribution in [2.24, 2.45) is 50.5 Å². The normalized spacial score (nSPS) is 48.5. The summed E-state index contributed by atoms with van der Waals surface area (Å²) in [5.41, 5.74) is 8.03. The number of hydrogen-bond donors (Lipinski definition) is 2. The molecule has 0 aromatic carbocycles. The lowest BCUT2D eigenvalue weighted by molar-refractivity contribution is -0.133. The number of carbonyl (C=O) groups is 1. The third-order valence-corrected chi connectivity index (χ3v) is 10.2. The Morgan fingerprint density at radius 1 is 1.00 bits per heavy atom. The van der Waals surface area contributed by atoms with Crippen molar-refractivity contribution in [3.63, 3.8) is 0 Å². The Bertz CT molecular complexity index is 793. The van der Waals surface area contributed by atoms with Gasteiger partial charge < -0.3 is 15.8 Å². The largest absolute Gasteiger partial charge is 0.411 e. The topological polar surface area (TPSA) is 97.3 Å². The number of nitrogens with two attached hydrogens (primary N) is 1. The second-order valence-corrected chi connectivity index (χ2v) is 11.7. The van der Waals surface area contributed by atoms with Crippen molar-refractivity contribution in [2.45, 2.75) is 103 Å². The van der Waals surface area contributed by atoms with Crippen LogP contribution in [0.25, 0.3) is 0 Å². The van der Waals surface area contributed by atoms with Crippen LogP contribution in [0.5, 0.6) is 0 Å². The molecule has 7 heteroatoms. The molecule has 5 fully saturated rings. The van der Waals surface area contributed by atoms with Gasteiger partial charge >= 0.3 is 0 Å². The summed E-state index contributed by atoms with van der Waals surface area (Å²) in [6.45, 7) is 4.62. The number of nitrogens with zero attached hydrogens (tertiary/aromatic N) is 2. The highest BCUT2D eigenvalue weighted by atomic mass is 35.5. The van der Waals surface area contributed by atoms with Crippen LogP contribution in [0.4, 0.5) is 0 Å². The van der Waals surface area contributed by atoms with Gasteiger partial charge in [0.1, 0.15) is 11.9 Å². The van der Waals surface area contributed by atoms with E-state index in [2.05, 4.69) is 24.2 Å². The molecule has 5 aliphatic carbocycles. The van der Waals surface area contributed by atoms with Crippen molar-refractivity contribution in [2.75, 3.05) is 0 Å². The highest BCUT2D eigenvalue weighted by molar-refractivity contribution is 5.96. The predicted molar refractivity (Wildman–Crippen MR) is 127 cm³/mol. The van der Waals surface area contributed by atoms with Crippen LogP contribution in [-0.4, -0.2) is 34.6 Å². The molecule has 0 bridgehead atoms. The van der Waals surface area contributed by atoms with Gasteiger partial charge in [-0.1, -0.05) is 24.2 Å². The Balaban J connectivity index is 0.00000245. The second-order valence-electron chi connectivity index (χ2n) is 11.7. The number of fused-ring (bicyclic) bond motifs is 5. The fourth-order valence-electron chi connectivity index (χ4n) is 8.18. The van der Waals surface area contributed by atoms with Crippen molar-refractivity contribution in [1.82, 2.24) is 0 Å². The third-order valence-electron chi connectivity index (χ3n) is 10.2. The van der Waals surface area contributed by atoms with Crippen molar-refractivity contribution in [3.8, 4) is 0 Å². The average molecular weight is 466 g/mol. The zero-order valence-electron chi connectivity index (χ0n) is 19.6.